The Morgan fingerprint density at radius 1 is 1.30 bits per heavy atom. The predicted octanol–water partition coefficient (Wildman–Crippen LogP) is 3.97. The van der Waals surface area contributed by atoms with Crippen molar-refractivity contribution in [2.75, 3.05) is 11.4 Å². The van der Waals surface area contributed by atoms with E-state index < -0.39 is 26.0 Å². The molecule has 0 aromatic heterocycles. The second kappa shape index (κ2) is 5.74. The fourth-order valence-electron chi connectivity index (χ4n) is 2.85. The second-order valence-corrected chi connectivity index (χ2v) is 9.40. The van der Waals surface area contributed by atoms with Gasteiger partial charge in [-0.2, -0.15) is 0 Å². The molecule has 1 aromatic carbocycles. The zero-order valence-corrected chi connectivity index (χ0v) is 15.3. The molecule has 4 nitrogen and oxygen atoms in total. The van der Waals surface area contributed by atoms with Crippen LogP contribution in [0, 0.1) is 5.41 Å². The summed E-state index contributed by atoms with van der Waals surface area (Å²) in [5, 5.41) is 0. The van der Waals surface area contributed by atoms with Gasteiger partial charge in [0.1, 0.15) is 0 Å². The first-order chi connectivity index (χ1) is 10.4. The summed E-state index contributed by atoms with van der Waals surface area (Å²) in [5.41, 5.74) is -2.81. The van der Waals surface area contributed by atoms with Crippen LogP contribution in [0.4, 0.5) is 10.1 Å². The van der Waals surface area contributed by atoms with Crippen LogP contribution >= 0.6 is 10.7 Å². The molecule has 0 radical (unpaired) electrons. The summed E-state index contributed by atoms with van der Waals surface area (Å²) in [6, 6.07) is 3.96. The third-order valence-electron chi connectivity index (χ3n) is 4.22. The molecule has 0 saturated heterocycles. The monoisotopic (exact) mass is 361 g/mol. The number of rotatable bonds is 4. The standard InChI is InChI=1S/C16H21ClFNO3S/c1-5-6-9-19-13-8-7-11(23(17,21)22)10-12(13)16(18,14(19)20)15(2,3)4/h7-8,10H,5-6,9H2,1-4H3. The molecule has 1 heterocycles. The minimum atomic E-state index is -4.00. The van der Waals surface area contributed by atoms with Gasteiger partial charge in [0.2, 0.25) is 5.67 Å². The van der Waals surface area contributed by atoms with Crippen LogP contribution in [0.2, 0.25) is 0 Å². The zero-order valence-electron chi connectivity index (χ0n) is 13.7. The number of halogens is 2. The van der Waals surface area contributed by atoms with Gasteiger partial charge >= 0.3 is 0 Å². The molecular formula is C16H21ClFNO3S. The van der Waals surface area contributed by atoms with E-state index in [0.29, 0.717) is 12.2 Å². The van der Waals surface area contributed by atoms with Gasteiger partial charge in [0.25, 0.3) is 15.0 Å². The van der Waals surface area contributed by atoms with Gasteiger partial charge in [-0.15, -0.1) is 0 Å². The van der Waals surface area contributed by atoms with Crippen LogP contribution in [0.3, 0.4) is 0 Å². The van der Waals surface area contributed by atoms with Crippen LogP contribution in [0.15, 0.2) is 23.1 Å². The van der Waals surface area contributed by atoms with Crippen LogP contribution in [0.5, 0.6) is 0 Å². The highest BCUT2D eigenvalue weighted by atomic mass is 35.7. The fraction of sp³-hybridized carbons (Fsp3) is 0.562. The molecule has 0 saturated carbocycles. The van der Waals surface area contributed by atoms with E-state index >= 15 is 4.39 Å². The van der Waals surface area contributed by atoms with E-state index in [2.05, 4.69) is 0 Å². The third-order valence-corrected chi connectivity index (χ3v) is 5.57. The van der Waals surface area contributed by atoms with E-state index in [4.69, 9.17) is 10.7 Å². The molecule has 1 aromatic rings. The number of carbonyl (C=O) groups excluding carboxylic acids is 1. The number of hydrogen-bond donors (Lipinski definition) is 0. The highest BCUT2D eigenvalue weighted by Gasteiger charge is 2.58. The number of benzene rings is 1. The van der Waals surface area contributed by atoms with E-state index in [9.17, 15) is 13.2 Å². The molecule has 0 spiro atoms. The molecule has 1 aliphatic rings. The maximum absolute atomic E-state index is 15.8. The summed E-state index contributed by atoms with van der Waals surface area (Å²) < 4.78 is 39.0. The van der Waals surface area contributed by atoms with Gasteiger partial charge in [0.05, 0.1) is 10.6 Å². The van der Waals surface area contributed by atoms with Crippen molar-refractivity contribution in [3.05, 3.63) is 23.8 Å². The largest absolute Gasteiger partial charge is 0.309 e. The van der Waals surface area contributed by atoms with Gasteiger partial charge in [-0.05, 0) is 24.6 Å². The summed E-state index contributed by atoms with van der Waals surface area (Å²) in [5.74, 6) is -0.641. The Bertz CT molecular complexity index is 742. The summed E-state index contributed by atoms with van der Waals surface area (Å²) >= 11 is 0. The number of anilines is 1. The Morgan fingerprint density at radius 2 is 1.91 bits per heavy atom. The van der Waals surface area contributed by atoms with E-state index in [-0.39, 0.29) is 10.5 Å². The van der Waals surface area contributed by atoms with E-state index in [1.165, 1.54) is 23.1 Å². The van der Waals surface area contributed by atoms with Crippen molar-refractivity contribution in [2.45, 2.75) is 51.1 Å². The SMILES string of the molecule is CCCCN1C(=O)C(F)(C(C)(C)C)c2cc(S(=O)(=O)Cl)ccc21. The van der Waals surface area contributed by atoms with Gasteiger partial charge in [-0.25, -0.2) is 12.8 Å². The molecule has 1 unspecified atom stereocenters. The minimum absolute atomic E-state index is 0.0767. The quantitative estimate of drug-likeness (QED) is 0.762. The van der Waals surface area contributed by atoms with Crippen molar-refractivity contribution < 1.29 is 17.6 Å². The third kappa shape index (κ3) is 2.87. The molecule has 2 rings (SSSR count). The van der Waals surface area contributed by atoms with Gasteiger partial charge in [0.15, 0.2) is 0 Å². The number of carbonyl (C=O) groups is 1. The lowest BCUT2D eigenvalue weighted by Crippen LogP contribution is -2.46. The number of unbranched alkanes of at least 4 members (excludes halogenated alkanes) is 1. The van der Waals surface area contributed by atoms with Crippen molar-refractivity contribution in [3.63, 3.8) is 0 Å². The van der Waals surface area contributed by atoms with Crippen molar-refractivity contribution in [1.82, 2.24) is 0 Å². The Kier molecular flexibility index (Phi) is 4.54. The Labute approximate surface area is 141 Å². The molecule has 0 bridgehead atoms. The number of amides is 1. The number of nitrogens with zero attached hydrogens (tertiary/aromatic N) is 1. The smallest absolute Gasteiger partial charge is 0.270 e. The van der Waals surface area contributed by atoms with Crippen LogP contribution < -0.4 is 4.90 Å². The topological polar surface area (TPSA) is 54.5 Å². The number of fused-ring (bicyclic) bond motifs is 1. The first kappa shape index (κ1) is 18.2. The average molecular weight is 362 g/mol. The normalized spacial score (nSPS) is 21.7. The Hall–Kier alpha value is -1.14. The summed E-state index contributed by atoms with van der Waals surface area (Å²) in [6.45, 7) is 7.26. The fourth-order valence-corrected chi connectivity index (χ4v) is 3.63. The van der Waals surface area contributed by atoms with Crippen LogP contribution in [0.25, 0.3) is 0 Å². The van der Waals surface area contributed by atoms with Gasteiger partial charge in [-0.1, -0.05) is 34.1 Å². The molecule has 1 amide bonds. The van der Waals surface area contributed by atoms with Gasteiger partial charge < -0.3 is 4.90 Å². The molecule has 0 aliphatic carbocycles. The average Bonchev–Trinajstić information content (AvgIpc) is 2.65. The van der Waals surface area contributed by atoms with Gasteiger partial charge in [0, 0.05) is 28.2 Å². The maximum Gasteiger partial charge on any atom is 0.270 e. The lowest BCUT2D eigenvalue weighted by molar-refractivity contribution is -0.136. The summed E-state index contributed by atoms with van der Waals surface area (Å²) in [6.07, 6.45) is 1.60. The number of alkyl halides is 1. The predicted molar refractivity (Wildman–Crippen MR) is 89.0 cm³/mol. The van der Waals surface area contributed by atoms with Crippen molar-refractivity contribution in [3.8, 4) is 0 Å². The highest BCUT2D eigenvalue weighted by molar-refractivity contribution is 8.13. The van der Waals surface area contributed by atoms with Crippen molar-refractivity contribution >= 4 is 31.3 Å². The van der Waals surface area contributed by atoms with Crippen molar-refractivity contribution in [2.24, 2.45) is 5.41 Å². The first-order valence-electron chi connectivity index (χ1n) is 7.54. The van der Waals surface area contributed by atoms with Gasteiger partial charge in [-0.3, -0.25) is 4.79 Å². The summed E-state index contributed by atoms with van der Waals surface area (Å²) in [7, 11) is 1.38. The van der Waals surface area contributed by atoms with E-state index in [0.717, 1.165) is 12.8 Å². The summed E-state index contributed by atoms with van der Waals surface area (Å²) in [4.78, 5) is 14.0. The lowest BCUT2D eigenvalue weighted by atomic mass is 9.74. The lowest BCUT2D eigenvalue weighted by Gasteiger charge is -2.33. The van der Waals surface area contributed by atoms with Crippen LogP contribution in [-0.2, 0) is 19.5 Å². The molecular weight excluding hydrogens is 341 g/mol. The Morgan fingerprint density at radius 3 is 2.39 bits per heavy atom. The zero-order chi connectivity index (χ0) is 17.6. The van der Waals surface area contributed by atoms with Crippen molar-refractivity contribution in [1.29, 1.82) is 0 Å². The molecule has 1 atom stereocenters. The number of hydrogen-bond acceptors (Lipinski definition) is 3. The molecule has 7 heteroatoms. The van der Waals surface area contributed by atoms with Crippen LogP contribution in [-0.4, -0.2) is 20.9 Å². The van der Waals surface area contributed by atoms with E-state index in [1.807, 2.05) is 6.92 Å². The molecule has 128 valence electrons. The maximum atomic E-state index is 15.8. The van der Waals surface area contributed by atoms with E-state index in [1.54, 1.807) is 20.8 Å². The second-order valence-electron chi connectivity index (χ2n) is 6.84. The first-order valence-corrected chi connectivity index (χ1v) is 9.85. The molecule has 0 N–H and O–H groups in total. The highest BCUT2D eigenvalue weighted by Crippen LogP contribution is 2.53. The Balaban J connectivity index is 2.69. The van der Waals surface area contributed by atoms with Crippen LogP contribution in [0.1, 0.15) is 46.1 Å². The molecule has 23 heavy (non-hydrogen) atoms. The molecule has 1 aliphatic heterocycles. The molecule has 0 fully saturated rings. The minimum Gasteiger partial charge on any atom is -0.309 e.